The first-order valence-corrected chi connectivity index (χ1v) is 9.88. The number of hydrogen-bond acceptors (Lipinski definition) is 4. The van der Waals surface area contributed by atoms with E-state index in [1.807, 2.05) is 0 Å². The number of carbonyl (C=O) groups excluding carboxylic acids is 1. The lowest BCUT2D eigenvalue weighted by molar-refractivity contribution is 0.0966. The van der Waals surface area contributed by atoms with Gasteiger partial charge in [-0.15, -0.1) is 0 Å². The van der Waals surface area contributed by atoms with Crippen molar-refractivity contribution in [3.05, 3.63) is 27.7 Å². The molecule has 9 heteroatoms. The average Bonchev–Trinajstić information content (AvgIpc) is 2.47. The van der Waals surface area contributed by atoms with Crippen molar-refractivity contribution in [1.82, 2.24) is 9.62 Å². The van der Waals surface area contributed by atoms with E-state index in [9.17, 15) is 13.2 Å². The highest BCUT2D eigenvalue weighted by molar-refractivity contribution is 9.10. The Labute approximate surface area is 149 Å². The van der Waals surface area contributed by atoms with Crippen LogP contribution in [0.5, 0.6) is 0 Å². The topological polar surface area (TPSA) is 75.7 Å². The molecule has 0 aromatic heterocycles. The Morgan fingerprint density at radius 1 is 1.43 bits per heavy atom. The van der Waals surface area contributed by atoms with Crippen molar-refractivity contribution >= 4 is 43.6 Å². The van der Waals surface area contributed by atoms with Crippen molar-refractivity contribution in [3.63, 3.8) is 0 Å². The number of hydrogen-bond donors (Lipinski definition) is 1. The molecule has 1 fully saturated rings. The molecular weight excluding hydrogens is 408 g/mol. The van der Waals surface area contributed by atoms with Gasteiger partial charge in [-0.05, 0) is 38.0 Å². The van der Waals surface area contributed by atoms with Gasteiger partial charge >= 0.3 is 6.09 Å². The number of amides is 1. The van der Waals surface area contributed by atoms with Crippen LogP contribution in [0.4, 0.5) is 4.79 Å². The molecule has 6 nitrogen and oxygen atoms in total. The summed E-state index contributed by atoms with van der Waals surface area (Å²) in [5, 5.41) is 0.163. The lowest BCUT2D eigenvalue weighted by Gasteiger charge is -2.31. The van der Waals surface area contributed by atoms with Gasteiger partial charge in [-0.25, -0.2) is 17.9 Å². The zero-order valence-electron chi connectivity index (χ0n) is 12.6. The summed E-state index contributed by atoms with van der Waals surface area (Å²) >= 11 is 9.26. The normalized spacial score (nSPS) is 16.4. The maximum Gasteiger partial charge on any atom is 0.409 e. The third kappa shape index (κ3) is 4.82. The zero-order chi connectivity index (χ0) is 17.0. The summed E-state index contributed by atoms with van der Waals surface area (Å²) in [5.74, 6) is 0. The van der Waals surface area contributed by atoms with Gasteiger partial charge in [-0.2, -0.15) is 0 Å². The SMILES string of the molecule is CCOC(=O)N1CCC(NS(=O)(=O)c2ccc(Br)cc2Cl)CC1. The summed E-state index contributed by atoms with van der Waals surface area (Å²) in [4.78, 5) is 13.3. The first-order chi connectivity index (χ1) is 10.8. The van der Waals surface area contributed by atoms with Gasteiger partial charge in [-0.1, -0.05) is 27.5 Å². The van der Waals surface area contributed by atoms with Crippen LogP contribution in [-0.2, 0) is 14.8 Å². The summed E-state index contributed by atoms with van der Waals surface area (Å²) in [6.07, 6.45) is 0.711. The molecule has 0 spiro atoms. The van der Waals surface area contributed by atoms with Crippen molar-refractivity contribution in [1.29, 1.82) is 0 Å². The molecule has 1 amide bonds. The van der Waals surface area contributed by atoms with E-state index in [0.29, 0.717) is 37.0 Å². The summed E-state index contributed by atoms with van der Waals surface area (Å²) in [5.41, 5.74) is 0. The van der Waals surface area contributed by atoms with Crippen molar-refractivity contribution in [2.75, 3.05) is 19.7 Å². The highest BCUT2D eigenvalue weighted by atomic mass is 79.9. The largest absolute Gasteiger partial charge is 0.450 e. The molecule has 23 heavy (non-hydrogen) atoms. The smallest absolute Gasteiger partial charge is 0.409 e. The fraction of sp³-hybridized carbons (Fsp3) is 0.500. The van der Waals surface area contributed by atoms with Crippen LogP contribution in [0.25, 0.3) is 0 Å². The standard InChI is InChI=1S/C14H18BrClN2O4S/c1-2-22-14(19)18-7-5-11(6-8-18)17-23(20,21)13-4-3-10(15)9-12(13)16/h3-4,9,11,17H,2,5-8H2,1H3. The molecule has 1 saturated heterocycles. The lowest BCUT2D eigenvalue weighted by Crippen LogP contribution is -2.46. The number of likely N-dealkylation sites (tertiary alicyclic amines) is 1. The van der Waals surface area contributed by atoms with E-state index < -0.39 is 10.0 Å². The minimum atomic E-state index is -3.69. The highest BCUT2D eigenvalue weighted by Crippen LogP contribution is 2.26. The molecule has 2 rings (SSSR count). The predicted octanol–water partition coefficient (Wildman–Crippen LogP) is 3.00. The minimum Gasteiger partial charge on any atom is -0.450 e. The van der Waals surface area contributed by atoms with Gasteiger partial charge in [-0.3, -0.25) is 0 Å². The Morgan fingerprint density at radius 3 is 2.65 bits per heavy atom. The van der Waals surface area contributed by atoms with Gasteiger partial charge in [0.15, 0.2) is 0 Å². The number of nitrogens with zero attached hydrogens (tertiary/aromatic N) is 1. The van der Waals surface area contributed by atoms with E-state index in [1.165, 1.54) is 6.07 Å². The van der Waals surface area contributed by atoms with Crippen molar-refractivity contribution < 1.29 is 17.9 Å². The fourth-order valence-corrected chi connectivity index (χ4v) is 4.71. The van der Waals surface area contributed by atoms with Crippen LogP contribution in [0.3, 0.4) is 0 Å². The van der Waals surface area contributed by atoms with Crippen LogP contribution in [0.1, 0.15) is 19.8 Å². The molecule has 0 bridgehead atoms. The Bertz CT molecular complexity index is 675. The number of ether oxygens (including phenoxy) is 1. The summed E-state index contributed by atoms with van der Waals surface area (Å²) in [6, 6.07) is 4.40. The van der Waals surface area contributed by atoms with Crippen LogP contribution < -0.4 is 4.72 Å². The second-order valence-electron chi connectivity index (χ2n) is 5.16. The van der Waals surface area contributed by atoms with Gasteiger partial charge in [0.2, 0.25) is 10.0 Å². The Balaban J connectivity index is 1.99. The lowest BCUT2D eigenvalue weighted by atomic mass is 10.1. The quantitative estimate of drug-likeness (QED) is 0.804. The molecular formula is C14H18BrClN2O4S. The number of halogens is 2. The van der Waals surface area contributed by atoms with E-state index in [4.69, 9.17) is 16.3 Å². The van der Waals surface area contributed by atoms with Gasteiger partial charge in [0, 0.05) is 23.6 Å². The molecule has 0 radical (unpaired) electrons. The maximum atomic E-state index is 12.4. The summed E-state index contributed by atoms with van der Waals surface area (Å²) < 4.78 is 33.2. The van der Waals surface area contributed by atoms with Crippen molar-refractivity contribution in [2.45, 2.75) is 30.7 Å². The van der Waals surface area contributed by atoms with E-state index in [1.54, 1.807) is 24.0 Å². The molecule has 1 N–H and O–H groups in total. The molecule has 128 valence electrons. The van der Waals surface area contributed by atoms with Gasteiger partial charge in [0.1, 0.15) is 4.90 Å². The molecule has 0 aliphatic carbocycles. The number of carbonyl (C=O) groups is 1. The Hall–Kier alpha value is -0.830. The van der Waals surface area contributed by atoms with Crippen molar-refractivity contribution in [3.8, 4) is 0 Å². The van der Waals surface area contributed by atoms with E-state index in [2.05, 4.69) is 20.7 Å². The van der Waals surface area contributed by atoms with E-state index >= 15 is 0 Å². The van der Waals surface area contributed by atoms with Gasteiger partial charge in [0.25, 0.3) is 0 Å². The van der Waals surface area contributed by atoms with Gasteiger partial charge < -0.3 is 9.64 Å². The van der Waals surface area contributed by atoms with Gasteiger partial charge in [0.05, 0.1) is 11.6 Å². The Morgan fingerprint density at radius 2 is 2.09 bits per heavy atom. The van der Waals surface area contributed by atoms with Crippen LogP contribution in [-0.4, -0.2) is 45.1 Å². The first-order valence-electron chi connectivity index (χ1n) is 7.22. The molecule has 0 atom stereocenters. The Kier molecular flexibility index (Phi) is 6.30. The molecule has 1 aromatic carbocycles. The number of benzene rings is 1. The van der Waals surface area contributed by atoms with E-state index in [0.717, 1.165) is 0 Å². The summed E-state index contributed by atoms with van der Waals surface area (Å²) in [7, 11) is -3.69. The van der Waals surface area contributed by atoms with Crippen LogP contribution in [0, 0.1) is 0 Å². The second-order valence-corrected chi connectivity index (χ2v) is 8.16. The molecule has 1 aliphatic rings. The minimum absolute atomic E-state index is 0.0511. The molecule has 1 heterocycles. The van der Waals surface area contributed by atoms with Crippen LogP contribution in [0.15, 0.2) is 27.6 Å². The maximum absolute atomic E-state index is 12.4. The first kappa shape index (κ1) is 18.5. The number of piperidine rings is 1. The zero-order valence-corrected chi connectivity index (χ0v) is 15.7. The van der Waals surface area contributed by atoms with Crippen LogP contribution in [0.2, 0.25) is 5.02 Å². The average molecular weight is 426 g/mol. The second kappa shape index (κ2) is 7.83. The molecule has 1 aromatic rings. The summed E-state index contributed by atoms with van der Waals surface area (Å²) in [6.45, 7) is 2.99. The van der Waals surface area contributed by atoms with E-state index in [-0.39, 0.29) is 22.1 Å². The highest BCUT2D eigenvalue weighted by Gasteiger charge is 2.28. The predicted molar refractivity (Wildman–Crippen MR) is 91.1 cm³/mol. The number of rotatable bonds is 4. The molecule has 0 saturated carbocycles. The number of sulfonamides is 1. The third-order valence-electron chi connectivity index (χ3n) is 3.53. The number of nitrogens with one attached hydrogen (secondary N) is 1. The monoisotopic (exact) mass is 424 g/mol. The molecule has 1 aliphatic heterocycles. The van der Waals surface area contributed by atoms with Crippen LogP contribution >= 0.6 is 27.5 Å². The third-order valence-corrected chi connectivity index (χ3v) is 6.02. The molecule has 0 unspecified atom stereocenters. The van der Waals surface area contributed by atoms with Crippen molar-refractivity contribution in [2.24, 2.45) is 0 Å². The fourth-order valence-electron chi connectivity index (χ4n) is 2.37.